The molecule has 1 saturated heterocycles. The number of methoxy groups -OCH3 is 2. The Labute approximate surface area is 214 Å². The van der Waals surface area contributed by atoms with Crippen LogP contribution in [0.15, 0.2) is 52.0 Å². The van der Waals surface area contributed by atoms with E-state index in [-0.39, 0.29) is 17.5 Å². The Morgan fingerprint density at radius 1 is 1.08 bits per heavy atom. The lowest BCUT2D eigenvalue weighted by Gasteiger charge is -2.37. The van der Waals surface area contributed by atoms with E-state index in [1.807, 2.05) is 18.2 Å². The molecule has 192 valence electrons. The van der Waals surface area contributed by atoms with E-state index in [0.717, 1.165) is 11.5 Å². The van der Waals surface area contributed by atoms with Gasteiger partial charge in [0.05, 0.1) is 30.3 Å². The second kappa shape index (κ2) is 12.7. The number of benzene rings is 1. The summed E-state index contributed by atoms with van der Waals surface area (Å²) in [6, 6.07) is 12.2. The van der Waals surface area contributed by atoms with E-state index in [4.69, 9.17) is 18.9 Å². The third kappa shape index (κ3) is 6.74. The Morgan fingerprint density at radius 3 is 2.61 bits per heavy atom. The van der Waals surface area contributed by atoms with Crippen LogP contribution in [0, 0.1) is 5.82 Å². The van der Waals surface area contributed by atoms with Crippen LogP contribution in [0.5, 0.6) is 0 Å². The number of para-hydroxylation sites is 1. The summed E-state index contributed by atoms with van der Waals surface area (Å²) >= 11 is 1.43. The molecule has 1 fully saturated rings. The van der Waals surface area contributed by atoms with Crippen LogP contribution < -0.4 is 15.1 Å². The molecule has 1 amide bonds. The van der Waals surface area contributed by atoms with Crippen molar-refractivity contribution in [2.45, 2.75) is 17.5 Å². The van der Waals surface area contributed by atoms with Crippen molar-refractivity contribution in [1.29, 1.82) is 0 Å². The first-order valence-electron chi connectivity index (χ1n) is 11.7. The number of aromatic nitrogens is 2. The predicted octanol–water partition coefficient (Wildman–Crippen LogP) is 3.35. The first-order chi connectivity index (χ1) is 17.6. The number of rotatable bonds is 11. The maximum Gasteiger partial charge on any atom is 0.287 e. The highest BCUT2D eigenvalue weighted by atomic mass is 32.2. The average molecular weight is 516 g/mol. The Balaban J connectivity index is 1.39. The lowest BCUT2D eigenvalue weighted by atomic mass is 10.2. The fourth-order valence-electron chi connectivity index (χ4n) is 3.86. The minimum absolute atomic E-state index is 0.206. The number of thioether (sulfide) groups is 1. The van der Waals surface area contributed by atoms with E-state index in [1.54, 1.807) is 32.4 Å². The van der Waals surface area contributed by atoms with Gasteiger partial charge in [-0.25, -0.2) is 14.4 Å². The number of nitrogens with zero attached hydrogens (tertiary/aromatic N) is 4. The molecule has 1 aliphatic rings. The molecule has 9 nitrogen and oxygen atoms in total. The largest absolute Gasteiger partial charge is 0.455 e. The van der Waals surface area contributed by atoms with Crippen LogP contribution in [-0.2, 0) is 21.8 Å². The highest BCUT2D eigenvalue weighted by Crippen LogP contribution is 2.26. The second-order valence-corrected chi connectivity index (χ2v) is 9.10. The summed E-state index contributed by atoms with van der Waals surface area (Å²) in [5, 5.41) is 3.33. The van der Waals surface area contributed by atoms with Gasteiger partial charge in [0, 0.05) is 53.0 Å². The molecule has 0 saturated carbocycles. The van der Waals surface area contributed by atoms with Gasteiger partial charge in [-0.3, -0.25) is 4.79 Å². The lowest BCUT2D eigenvalue weighted by molar-refractivity contribution is 0.0908. The number of anilines is 2. The lowest BCUT2D eigenvalue weighted by Crippen LogP contribution is -2.47. The van der Waals surface area contributed by atoms with E-state index in [1.165, 1.54) is 17.8 Å². The van der Waals surface area contributed by atoms with E-state index in [9.17, 15) is 9.18 Å². The van der Waals surface area contributed by atoms with E-state index in [0.29, 0.717) is 68.3 Å². The smallest absolute Gasteiger partial charge is 0.287 e. The molecule has 0 bridgehead atoms. The van der Waals surface area contributed by atoms with Gasteiger partial charge < -0.3 is 29.0 Å². The Hall–Kier alpha value is -3.15. The molecule has 11 heteroatoms. The molecular formula is C25H30FN5O4S. The summed E-state index contributed by atoms with van der Waals surface area (Å²) in [6.07, 6.45) is 0. The fourth-order valence-corrected chi connectivity index (χ4v) is 4.63. The van der Waals surface area contributed by atoms with Crippen molar-refractivity contribution >= 4 is 29.2 Å². The van der Waals surface area contributed by atoms with Crippen molar-refractivity contribution in [3.63, 3.8) is 0 Å². The normalized spacial score (nSPS) is 13.8. The number of nitrogens with one attached hydrogen (secondary N) is 1. The van der Waals surface area contributed by atoms with Crippen molar-refractivity contribution < 1.29 is 23.1 Å². The molecule has 0 radical (unpaired) electrons. The Morgan fingerprint density at radius 2 is 1.86 bits per heavy atom. The second-order valence-electron chi connectivity index (χ2n) is 8.16. The van der Waals surface area contributed by atoms with Crippen molar-refractivity contribution in [1.82, 2.24) is 15.3 Å². The van der Waals surface area contributed by atoms with Crippen LogP contribution in [0.25, 0.3) is 0 Å². The monoisotopic (exact) mass is 515 g/mol. The summed E-state index contributed by atoms with van der Waals surface area (Å²) in [5.41, 5.74) is 1.40. The summed E-state index contributed by atoms with van der Waals surface area (Å²) in [7, 11) is 3.21. The number of piperazine rings is 1. The van der Waals surface area contributed by atoms with E-state index < -0.39 is 0 Å². The number of amides is 1. The van der Waals surface area contributed by atoms with E-state index in [2.05, 4.69) is 20.1 Å². The highest BCUT2D eigenvalue weighted by Gasteiger charge is 2.21. The van der Waals surface area contributed by atoms with Crippen molar-refractivity contribution in [2.24, 2.45) is 0 Å². The number of ether oxygens (including phenoxy) is 2. The predicted molar refractivity (Wildman–Crippen MR) is 136 cm³/mol. The molecule has 1 aliphatic heterocycles. The average Bonchev–Trinajstić information content (AvgIpc) is 3.37. The molecule has 3 heterocycles. The van der Waals surface area contributed by atoms with Gasteiger partial charge in [-0.15, -0.1) is 0 Å². The Bertz CT molecular complexity index is 1150. The van der Waals surface area contributed by atoms with Crippen LogP contribution in [0.1, 0.15) is 22.0 Å². The standard InChI is InChI=1S/C25H30FN5O4S/c1-33-14-9-27-24(32)22-8-7-19(35-22)17-36-25-28-18(16-34-2)15-23(29-25)31-12-10-30(11-13-31)21-6-4-3-5-20(21)26/h3-8,15H,9-14,16-17H2,1-2H3,(H,27,32). The molecule has 0 aliphatic carbocycles. The van der Waals surface area contributed by atoms with Crippen LogP contribution in [0.2, 0.25) is 0 Å². The summed E-state index contributed by atoms with van der Waals surface area (Å²) in [6.45, 7) is 4.01. The van der Waals surface area contributed by atoms with Crippen LogP contribution in [0.3, 0.4) is 0 Å². The minimum Gasteiger partial charge on any atom is -0.455 e. The van der Waals surface area contributed by atoms with Gasteiger partial charge in [0.2, 0.25) is 0 Å². The van der Waals surface area contributed by atoms with Crippen LogP contribution in [0.4, 0.5) is 15.9 Å². The van der Waals surface area contributed by atoms with Gasteiger partial charge in [-0.1, -0.05) is 23.9 Å². The van der Waals surface area contributed by atoms with Gasteiger partial charge >= 0.3 is 0 Å². The summed E-state index contributed by atoms with van der Waals surface area (Å²) in [5.74, 6) is 1.70. The fraction of sp³-hybridized carbons (Fsp3) is 0.400. The molecule has 4 rings (SSSR count). The van der Waals surface area contributed by atoms with Gasteiger partial charge in [0.25, 0.3) is 5.91 Å². The molecule has 1 aromatic carbocycles. The van der Waals surface area contributed by atoms with Crippen LogP contribution >= 0.6 is 11.8 Å². The molecule has 3 aromatic rings. The van der Waals surface area contributed by atoms with E-state index >= 15 is 0 Å². The quantitative estimate of drug-likeness (QED) is 0.234. The third-order valence-corrected chi connectivity index (χ3v) is 6.52. The zero-order valence-electron chi connectivity index (χ0n) is 20.4. The topological polar surface area (TPSA) is 93.0 Å². The van der Waals surface area contributed by atoms with Gasteiger partial charge in [-0.2, -0.15) is 0 Å². The first-order valence-corrected chi connectivity index (χ1v) is 12.7. The maximum absolute atomic E-state index is 14.2. The van der Waals surface area contributed by atoms with Gasteiger partial charge in [0.1, 0.15) is 17.4 Å². The molecule has 0 unspecified atom stereocenters. The molecule has 36 heavy (non-hydrogen) atoms. The van der Waals surface area contributed by atoms with Crippen LogP contribution in [-0.4, -0.2) is 69.4 Å². The summed E-state index contributed by atoms with van der Waals surface area (Å²) in [4.78, 5) is 25.7. The van der Waals surface area contributed by atoms with Gasteiger partial charge in [0.15, 0.2) is 10.9 Å². The number of furan rings is 1. The number of hydrogen-bond acceptors (Lipinski definition) is 9. The van der Waals surface area contributed by atoms with Crippen molar-refractivity contribution in [3.05, 3.63) is 65.5 Å². The number of halogens is 1. The molecule has 1 N–H and O–H groups in total. The summed E-state index contributed by atoms with van der Waals surface area (Å²) < 4.78 is 30.1. The molecule has 2 aromatic heterocycles. The van der Waals surface area contributed by atoms with Crippen molar-refractivity contribution in [2.75, 3.05) is 63.4 Å². The number of carbonyl (C=O) groups is 1. The third-order valence-electron chi connectivity index (χ3n) is 5.65. The highest BCUT2D eigenvalue weighted by molar-refractivity contribution is 7.98. The zero-order valence-corrected chi connectivity index (χ0v) is 21.2. The molecule has 0 spiro atoms. The minimum atomic E-state index is -0.279. The zero-order chi connectivity index (χ0) is 25.3. The van der Waals surface area contributed by atoms with Crippen molar-refractivity contribution in [3.8, 4) is 0 Å². The number of carbonyl (C=O) groups excluding carboxylic acids is 1. The SMILES string of the molecule is COCCNC(=O)c1ccc(CSc2nc(COC)cc(N3CCN(c4ccccc4F)CC3)n2)o1. The van der Waals surface area contributed by atoms with Gasteiger partial charge in [-0.05, 0) is 24.3 Å². The Kier molecular flexibility index (Phi) is 9.15. The molecule has 0 atom stereocenters. The first kappa shape index (κ1) is 25.9. The maximum atomic E-state index is 14.2. The molecular weight excluding hydrogens is 485 g/mol. The number of hydrogen-bond donors (Lipinski definition) is 1.